The molecule has 0 aliphatic heterocycles. The molecule has 0 bridgehead atoms. The minimum Gasteiger partial charge on any atom is -0.493 e. The second-order valence-electron chi connectivity index (χ2n) is 4.36. The molecule has 2 rings (SSSR count). The summed E-state index contributed by atoms with van der Waals surface area (Å²) in [4.78, 5) is 0. The third kappa shape index (κ3) is 2.56. The van der Waals surface area contributed by atoms with E-state index >= 15 is 0 Å². The van der Waals surface area contributed by atoms with E-state index in [2.05, 4.69) is 5.10 Å². The molecule has 0 aliphatic rings. The highest BCUT2D eigenvalue weighted by Gasteiger charge is 2.17. The number of hydrogen-bond donors (Lipinski definition) is 1. The maximum Gasteiger partial charge on any atom is 0.161 e. The van der Waals surface area contributed by atoms with E-state index in [-0.39, 0.29) is 0 Å². The summed E-state index contributed by atoms with van der Waals surface area (Å²) in [6.07, 6.45) is 1.09. The van der Waals surface area contributed by atoms with E-state index in [1.54, 1.807) is 31.0 Å². The Labute approximate surface area is 112 Å². The fraction of sp³-hybridized carbons (Fsp3) is 0.357. The van der Waals surface area contributed by atoms with Gasteiger partial charge in [0.15, 0.2) is 11.5 Å². The molecule has 0 saturated carbocycles. The maximum atomic E-state index is 10.4. The summed E-state index contributed by atoms with van der Waals surface area (Å²) in [6, 6.07) is 5.37. The number of ether oxygens (including phenoxy) is 2. The largest absolute Gasteiger partial charge is 0.493 e. The molecule has 0 radical (unpaired) electrons. The summed E-state index contributed by atoms with van der Waals surface area (Å²) in [5, 5.41) is 14.7. The topological polar surface area (TPSA) is 56.5 Å². The number of aliphatic hydroxyl groups excluding tert-OH is 1. The van der Waals surface area contributed by atoms with Gasteiger partial charge < -0.3 is 14.6 Å². The smallest absolute Gasteiger partial charge is 0.161 e. The van der Waals surface area contributed by atoms with Crippen LogP contribution in [0.25, 0.3) is 0 Å². The average Bonchev–Trinajstić information content (AvgIpc) is 2.76. The second-order valence-corrected chi connectivity index (χ2v) is 4.36. The first kappa shape index (κ1) is 13.4. The first-order valence-corrected chi connectivity index (χ1v) is 5.97. The second kappa shape index (κ2) is 5.32. The van der Waals surface area contributed by atoms with Crippen LogP contribution in [0.15, 0.2) is 24.4 Å². The summed E-state index contributed by atoms with van der Waals surface area (Å²) in [6.45, 7) is 1.87. The molecule has 19 heavy (non-hydrogen) atoms. The minimum absolute atomic E-state index is 0.598. The van der Waals surface area contributed by atoms with Crippen molar-refractivity contribution in [2.24, 2.45) is 7.05 Å². The van der Waals surface area contributed by atoms with Crippen molar-refractivity contribution in [3.05, 3.63) is 41.2 Å². The van der Waals surface area contributed by atoms with Crippen LogP contribution in [0.3, 0.4) is 0 Å². The van der Waals surface area contributed by atoms with Gasteiger partial charge in [0.25, 0.3) is 0 Å². The zero-order valence-corrected chi connectivity index (χ0v) is 11.5. The third-order valence-electron chi connectivity index (χ3n) is 3.07. The highest BCUT2D eigenvalue weighted by Crippen LogP contribution is 2.32. The minimum atomic E-state index is -0.728. The Morgan fingerprint density at radius 3 is 2.42 bits per heavy atom. The van der Waals surface area contributed by atoms with Gasteiger partial charge >= 0.3 is 0 Å². The van der Waals surface area contributed by atoms with Gasteiger partial charge in [-0.25, -0.2) is 0 Å². The predicted octanol–water partition coefficient (Wildman–Crippen LogP) is 1.83. The molecule has 1 aromatic heterocycles. The number of aryl methyl sites for hydroxylation is 2. The van der Waals surface area contributed by atoms with E-state index in [4.69, 9.17) is 9.47 Å². The Morgan fingerprint density at radius 1 is 1.21 bits per heavy atom. The van der Waals surface area contributed by atoms with Gasteiger partial charge in [-0.05, 0) is 24.6 Å². The lowest BCUT2D eigenvalue weighted by Gasteiger charge is -2.13. The van der Waals surface area contributed by atoms with Gasteiger partial charge in [-0.3, -0.25) is 4.68 Å². The van der Waals surface area contributed by atoms with Crippen LogP contribution in [-0.2, 0) is 7.05 Å². The molecule has 1 atom stereocenters. The molecule has 1 unspecified atom stereocenters. The molecule has 0 aliphatic carbocycles. The van der Waals surface area contributed by atoms with Crippen molar-refractivity contribution in [2.45, 2.75) is 13.0 Å². The Bertz CT molecular complexity index is 578. The molecule has 0 amide bonds. The molecule has 1 aromatic carbocycles. The summed E-state index contributed by atoms with van der Waals surface area (Å²) in [5.74, 6) is 1.24. The molecule has 1 N–H and O–H groups in total. The zero-order valence-electron chi connectivity index (χ0n) is 11.5. The average molecular weight is 262 g/mol. The van der Waals surface area contributed by atoms with Crippen molar-refractivity contribution < 1.29 is 14.6 Å². The van der Waals surface area contributed by atoms with Gasteiger partial charge in [0.2, 0.25) is 0 Å². The van der Waals surface area contributed by atoms with Gasteiger partial charge in [-0.15, -0.1) is 0 Å². The molecule has 0 spiro atoms. The molecule has 0 saturated heterocycles. The van der Waals surface area contributed by atoms with Crippen LogP contribution in [0.5, 0.6) is 11.5 Å². The third-order valence-corrected chi connectivity index (χ3v) is 3.07. The molecule has 5 heteroatoms. The molecule has 0 fully saturated rings. The normalized spacial score (nSPS) is 12.3. The quantitative estimate of drug-likeness (QED) is 0.913. The first-order chi connectivity index (χ1) is 9.06. The lowest BCUT2D eigenvalue weighted by atomic mass is 10.0. The number of nitrogens with zero attached hydrogens (tertiary/aromatic N) is 2. The Hall–Kier alpha value is -2.01. The summed E-state index contributed by atoms with van der Waals surface area (Å²) < 4.78 is 12.1. The first-order valence-electron chi connectivity index (χ1n) is 5.97. The number of aliphatic hydroxyl groups is 1. The number of rotatable bonds is 4. The lowest BCUT2D eigenvalue weighted by molar-refractivity contribution is 0.218. The van der Waals surface area contributed by atoms with Crippen molar-refractivity contribution in [2.75, 3.05) is 14.2 Å². The molecule has 5 nitrogen and oxygen atoms in total. The Morgan fingerprint density at radius 2 is 1.89 bits per heavy atom. The predicted molar refractivity (Wildman–Crippen MR) is 71.6 cm³/mol. The Balaban J connectivity index is 2.39. The number of benzene rings is 1. The van der Waals surface area contributed by atoms with Gasteiger partial charge in [-0.2, -0.15) is 5.10 Å². The van der Waals surface area contributed by atoms with Crippen LogP contribution in [0.4, 0.5) is 0 Å². The van der Waals surface area contributed by atoms with E-state index in [1.165, 1.54) is 0 Å². The van der Waals surface area contributed by atoms with E-state index in [1.807, 2.05) is 26.2 Å². The van der Waals surface area contributed by atoms with Crippen molar-refractivity contribution in [1.29, 1.82) is 0 Å². The monoisotopic (exact) mass is 262 g/mol. The van der Waals surface area contributed by atoms with Crippen molar-refractivity contribution >= 4 is 0 Å². The number of methoxy groups -OCH3 is 2. The van der Waals surface area contributed by atoms with Crippen molar-refractivity contribution in [3.8, 4) is 11.5 Å². The zero-order chi connectivity index (χ0) is 14.0. The SMILES string of the molecule is COc1ccc(C(O)c2cn(C)nc2C)cc1OC. The summed E-state index contributed by atoms with van der Waals surface area (Å²) >= 11 is 0. The summed E-state index contributed by atoms with van der Waals surface area (Å²) in [5.41, 5.74) is 2.34. The molecular formula is C14H18N2O3. The van der Waals surface area contributed by atoms with Gasteiger partial charge in [0.1, 0.15) is 6.10 Å². The van der Waals surface area contributed by atoms with Gasteiger partial charge in [0.05, 0.1) is 19.9 Å². The fourth-order valence-electron chi connectivity index (χ4n) is 2.09. The number of aromatic nitrogens is 2. The summed E-state index contributed by atoms with van der Waals surface area (Å²) in [7, 11) is 4.99. The standard InChI is InChI=1S/C14H18N2O3/c1-9-11(8-16(2)15-9)14(17)10-5-6-12(18-3)13(7-10)19-4/h5-8,14,17H,1-4H3. The maximum absolute atomic E-state index is 10.4. The molecular weight excluding hydrogens is 244 g/mol. The highest BCUT2D eigenvalue weighted by atomic mass is 16.5. The van der Waals surface area contributed by atoms with E-state index in [9.17, 15) is 5.11 Å². The van der Waals surface area contributed by atoms with Gasteiger partial charge in [0, 0.05) is 18.8 Å². The van der Waals surface area contributed by atoms with Crippen LogP contribution in [0.2, 0.25) is 0 Å². The number of hydrogen-bond acceptors (Lipinski definition) is 4. The van der Waals surface area contributed by atoms with Crippen LogP contribution in [0, 0.1) is 6.92 Å². The fourth-order valence-corrected chi connectivity index (χ4v) is 2.09. The lowest BCUT2D eigenvalue weighted by Crippen LogP contribution is -2.01. The highest BCUT2D eigenvalue weighted by molar-refractivity contribution is 5.45. The van der Waals surface area contributed by atoms with Crippen LogP contribution in [0.1, 0.15) is 22.9 Å². The van der Waals surface area contributed by atoms with Crippen LogP contribution < -0.4 is 9.47 Å². The van der Waals surface area contributed by atoms with Crippen LogP contribution >= 0.6 is 0 Å². The molecule has 1 heterocycles. The van der Waals surface area contributed by atoms with Crippen LogP contribution in [-0.4, -0.2) is 29.1 Å². The Kier molecular flexibility index (Phi) is 3.76. The molecule has 2 aromatic rings. The van der Waals surface area contributed by atoms with E-state index in [0.717, 1.165) is 16.8 Å². The van der Waals surface area contributed by atoms with E-state index in [0.29, 0.717) is 11.5 Å². The van der Waals surface area contributed by atoms with Gasteiger partial charge in [-0.1, -0.05) is 6.07 Å². The van der Waals surface area contributed by atoms with Crippen molar-refractivity contribution in [3.63, 3.8) is 0 Å². The van der Waals surface area contributed by atoms with E-state index < -0.39 is 6.10 Å². The van der Waals surface area contributed by atoms with Crippen molar-refractivity contribution in [1.82, 2.24) is 9.78 Å². The molecule has 102 valence electrons.